The summed E-state index contributed by atoms with van der Waals surface area (Å²) in [5.74, 6) is 0.967. The van der Waals surface area contributed by atoms with E-state index >= 15 is 0 Å². The average molecular weight is 303 g/mol. The molecule has 2 N–H and O–H groups in total. The third kappa shape index (κ3) is 2.92. The van der Waals surface area contributed by atoms with Gasteiger partial charge in [0.15, 0.2) is 0 Å². The summed E-state index contributed by atoms with van der Waals surface area (Å²) in [4.78, 5) is 16.1. The number of nitrogen functional groups attached to an aromatic ring is 1. The van der Waals surface area contributed by atoms with E-state index in [0.29, 0.717) is 16.7 Å². The first-order chi connectivity index (χ1) is 10.1. The largest absolute Gasteiger partial charge is 0.424 e. The standard InChI is InChI=1S/C13H11ClN6O/c1-8-6-9(2-3-10(8)14)21-13-18-11(15)17-12(19-13)20-5-4-16-7-20/h2-7H,1H3,(H2,15,17,18,19). The Morgan fingerprint density at radius 3 is 2.81 bits per heavy atom. The van der Waals surface area contributed by atoms with Crippen LogP contribution in [0.1, 0.15) is 5.56 Å². The molecule has 0 fully saturated rings. The van der Waals surface area contributed by atoms with Crippen molar-refractivity contribution in [3.05, 3.63) is 47.5 Å². The molecule has 3 aromatic rings. The summed E-state index contributed by atoms with van der Waals surface area (Å²) in [6.07, 6.45) is 4.87. The maximum absolute atomic E-state index is 5.97. The number of hydrogen-bond acceptors (Lipinski definition) is 6. The number of aromatic nitrogens is 5. The van der Waals surface area contributed by atoms with Gasteiger partial charge >= 0.3 is 6.01 Å². The lowest BCUT2D eigenvalue weighted by Gasteiger charge is -2.07. The Kier molecular flexibility index (Phi) is 3.41. The van der Waals surface area contributed by atoms with Gasteiger partial charge in [0.1, 0.15) is 12.1 Å². The minimum Gasteiger partial charge on any atom is -0.424 e. The van der Waals surface area contributed by atoms with Crippen molar-refractivity contribution in [2.75, 3.05) is 5.73 Å². The zero-order valence-corrected chi connectivity index (χ0v) is 11.8. The van der Waals surface area contributed by atoms with E-state index in [0.717, 1.165) is 5.56 Å². The Bertz CT molecular complexity index is 774. The zero-order chi connectivity index (χ0) is 14.8. The second kappa shape index (κ2) is 5.37. The van der Waals surface area contributed by atoms with Crippen LogP contribution in [0.3, 0.4) is 0 Å². The number of nitrogens with zero attached hydrogens (tertiary/aromatic N) is 5. The Hall–Kier alpha value is -2.67. The van der Waals surface area contributed by atoms with Crippen LogP contribution >= 0.6 is 11.6 Å². The van der Waals surface area contributed by atoms with Gasteiger partial charge < -0.3 is 10.5 Å². The molecule has 0 spiro atoms. The third-order valence-corrected chi connectivity index (χ3v) is 3.12. The van der Waals surface area contributed by atoms with Crippen molar-refractivity contribution in [2.45, 2.75) is 6.92 Å². The van der Waals surface area contributed by atoms with Gasteiger partial charge in [-0.25, -0.2) is 4.98 Å². The third-order valence-electron chi connectivity index (χ3n) is 2.69. The molecule has 3 rings (SSSR count). The average Bonchev–Trinajstić information content (AvgIpc) is 2.96. The number of imidazole rings is 1. The lowest BCUT2D eigenvalue weighted by atomic mass is 10.2. The molecule has 0 bridgehead atoms. The molecule has 1 aromatic carbocycles. The normalized spacial score (nSPS) is 10.6. The maximum Gasteiger partial charge on any atom is 0.328 e. The van der Waals surface area contributed by atoms with Crippen LogP contribution in [0.4, 0.5) is 5.95 Å². The first-order valence-electron chi connectivity index (χ1n) is 6.06. The molecule has 106 valence electrons. The number of ether oxygens (including phenoxy) is 1. The van der Waals surface area contributed by atoms with Gasteiger partial charge in [-0.15, -0.1) is 0 Å². The van der Waals surface area contributed by atoms with Crippen LogP contribution in [0.25, 0.3) is 5.95 Å². The van der Waals surface area contributed by atoms with E-state index in [2.05, 4.69) is 19.9 Å². The molecule has 0 atom stereocenters. The fourth-order valence-corrected chi connectivity index (χ4v) is 1.80. The van der Waals surface area contributed by atoms with Crippen molar-refractivity contribution in [1.29, 1.82) is 0 Å². The van der Waals surface area contributed by atoms with Gasteiger partial charge in [0, 0.05) is 17.4 Å². The highest BCUT2D eigenvalue weighted by atomic mass is 35.5. The van der Waals surface area contributed by atoms with Crippen LogP contribution in [0.15, 0.2) is 36.9 Å². The first kappa shape index (κ1) is 13.3. The van der Waals surface area contributed by atoms with Crippen LogP contribution < -0.4 is 10.5 Å². The molecule has 21 heavy (non-hydrogen) atoms. The van der Waals surface area contributed by atoms with E-state index in [4.69, 9.17) is 22.1 Å². The van der Waals surface area contributed by atoms with Crippen molar-refractivity contribution < 1.29 is 4.74 Å². The van der Waals surface area contributed by atoms with Crippen LogP contribution in [0.5, 0.6) is 11.8 Å². The van der Waals surface area contributed by atoms with Crippen LogP contribution in [-0.2, 0) is 0 Å². The van der Waals surface area contributed by atoms with Crippen LogP contribution in [0, 0.1) is 6.92 Å². The minimum atomic E-state index is 0.0642. The molecule has 2 heterocycles. The highest BCUT2D eigenvalue weighted by Crippen LogP contribution is 2.24. The second-order valence-electron chi connectivity index (χ2n) is 4.26. The number of benzene rings is 1. The van der Waals surface area contributed by atoms with E-state index in [9.17, 15) is 0 Å². The number of rotatable bonds is 3. The number of hydrogen-bond donors (Lipinski definition) is 1. The summed E-state index contributed by atoms with van der Waals surface area (Å²) in [7, 11) is 0. The number of halogens is 1. The smallest absolute Gasteiger partial charge is 0.328 e. The summed E-state index contributed by atoms with van der Waals surface area (Å²) >= 11 is 5.97. The van der Waals surface area contributed by atoms with E-state index in [1.807, 2.05) is 6.92 Å². The summed E-state index contributed by atoms with van der Waals surface area (Å²) < 4.78 is 7.21. The van der Waals surface area contributed by atoms with Gasteiger partial charge in [-0.2, -0.15) is 15.0 Å². The van der Waals surface area contributed by atoms with E-state index < -0.39 is 0 Å². The number of anilines is 1. The van der Waals surface area contributed by atoms with Gasteiger partial charge in [-0.05, 0) is 30.7 Å². The molecule has 8 heteroatoms. The minimum absolute atomic E-state index is 0.0642. The van der Waals surface area contributed by atoms with Crippen molar-refractivity contribution in [1.82, 2.24) is 24.5 Å². The molecule has 2 aromatic heterocycles. The van der Waals surface area contributed by atoms with Gasteiger partial charge in [0.05, 0.1) is 0 Å². The van der Waals surface area contributed by atoms with Crippen molar-refractivity contribution in [3.8, 4) is 17.7 Å². The van der Waals surface area contributed by atoms with Crippen LogP contribution in [-0.4, -0.2) is 24.5 Å². The molecule has 0 aliphatic carbocycles. The first-order valence-corrected chi connectivity index (χ1v) is 6.43. The number of aryl methyl sites for hydroxylation is 1. The quantitative estimate of drug-likeness (QED) is 0.798. The molecule has 0 saturated heterocycles. The van der Waals surface area contributed by atoms with Gasteiger partial charge in [0.25, 0.3) is 0 Å². The van der Waals surface area contributed by atoms with E-state index in [-0.39, 0.29) is 12.0 Å². The number of nitrogens with two attached hydrogens (primary N) is 1. The van der Waals surface area contributed by atoms with E-state index in [1.165, 1.54) is 0 Å². The van der Waals surface area contributed by atoms with Gasteiger partial charge in [-0.3, -0.25) is 4.57 Å². The molecule has 0 unspecified atom stereocenters. The summed E-state index contributed by atoms with van der Waals surface area (Å²) in [6.45, 7) is 1.88. The SMILES string of the molecule is Cc1cc(Oc2nc(N)nc(-n3ccnc3)n2)ccc1Cl. The highest BCUT2D eigenvalue weighted by Gasteiger charge is 2.09. The molecule has 0 radical (unpaired) electrons. The summed E-state index contributed by atoms with van der Waals surface area (Å²) in [5, 5.41) is 0.664. The lowest BCUT2D eigenvalue weighted by Crippen LogP contribution is -2.06. The predicted octanol–water partition coefficient (Wildman–Crippen LogP) is 2.39. The second-order valence-corrected chi connectivity index (χ2v) is 4.67. The molecular weight excluding hydrogens is 292 g/mol. The molecule has 0 aliphatic heterocycles. The van der Waals surface area contributed by atoms with Crippen molar-refractivity contribution >= 4 is 17.5 Å². The van der Waals surface area contributed by atoms with Crippen molar-refractivity contribution in [2.24, 2.45) is 0 Å². The fraction of sp³-hybridized carbons (Fsp3) is 0.0769. The van der Waals surface area contributed by atoms with Crippen molar-refractivity contribution in [3.63, 3.8) is 0 Å². The predicted molar refractivity (Wildman–Crippen MR) is 77.6 cm³/mol. The molecule has 0 amide bonds. The molecule has 7 nitrogen and oxygen atoms in total. The highest BCUT2D eigenvalue weighted by molar-refractivity contribution is 6.31. The maximum atomic E-state index is 5.97. The summed E-state index contributed by atoms with van der Waals surface area (Å²) in [5.41, 5.74) is 6.57. The fourth-order valence-electron chi connectivity index (χ4n) is 1.69. The monoisotopic (exact) mass is 302 g/mol. The Morgan fingerprint density at radius 1 is 1.24 bits per heavy atom. The Morgan fingerprint density at radius 2 is 2.10 bits per heavy atom. The Balaban J connectivity index is 1.93. The van der Waals surface area contributed by atoms with Gasteiger partial charge in [0.2, 0.25) is 11.9 Å². The van der Waals surface area contributed by atoms with E-state index in [1.54, 1.807) is 41.5 Å². The zero-order valence-electron chi connectivity index (χ0n) is 11.1. The molecule has 0 aliphatic rings. The Labute approximate surface area is 125 Å². The lowest BCUT2D eigenvalue weighted by molar-refractivity contribution is 0.439. The summed E-state index contributed by atoms with van der Waals surface area (Å²) in [6, 6.07) is 5.37. The molecular formula is C13H11ClN6O. The molecule has 0 saturated carbocycles. The van der Waals surface area contributed by atoms with Crippen LogP contribution in [0.2, 0.25) is 5.02 Å². The topological polar surface area (TPSA) is 91.7 Å². The van der Waals surface area contributed by atoms with Gasteiger partial charge in [-0.1, -0.05) is 11.6 Å².